The minimum Gasteiger partial charge on any atom is -0.468 e. The van der Waals surface area contributed by atoms with Crippen LogP contribution in [-0.2, 0) is 14.0 Å². The first kappa shape index (κ1) is 24.7. The highest BCUT2D eigenvalue weighted by atomic mass is 35.5. The van der Waals surface area contributed by atoms with Gasteiger partial charge in [-0.05, 0) is 21.8 Å². The molecule has 172 valence electrons. The summed E-state index contributed by atoms with van der Waals surface area (Å²) in [5, 5.41) is 5.73. The Kier molecular flexibility index (Phi) is 7.66. The molecule has 3 rings (SSSR count). The third-order valence-corrected chi connectivity index (χ3v) is 11.8. The van der Waals surface area contributed by atoms with Crippen LogP contribution in [0.25, 0.3) is 0 Å². The molecule has 2 atom stereocenters. The van der Waals surface area contributed by atoms with Crippen LogP contribution in [0.2, 0.25) is 5.04 Å². The highest BCUT2D eigenvalue weighted by molar-refractivity contribution is 6.99. The summed E-state index contributed by atoms with van der Waals surface area (Å²) in [5.41, 5.74) is -0.0628. The van der Waals surface area contributed by atoms with Crippen molar-refractivity contribution in [3.8, 4) is 0 Å². The molecule has 0 spiro atoms. The van der Waals surface area contributed by atoms with Crippen molar-refractivity contribution >= 4 is 36.3 Å². The van der Waals surface area contributed by atoms with E-state index in [1.807, 2.05) is 12.1 Å². The predicted octanol–water partition coefficient (Wildman–Crippen LogP) is 4.02. The molecule has 1 aliphatic heterocycles. The van der Waals surface area contributed by atoms with Gasteiger partial charge in [0, 0.05) is 18.8 Å². The van der Waals surface area contributed by atoms with E-state index in [9.17, 15) is 4.79 Å². The molecular formula is C26H34ClNO3Si. The van der Waals surface area contributed by atoms with Crippen LogP contribution in [0, 0.1) is 0 Å². The highest BCUT2D eigenvalue weighted by Crippen LogP contribution is 2.40. The summed E-state index contributed by atoms with van der Waals surface area (Å²) < 4.78 is 12.4. The molecular weight excluding hydrogens is 438 g/mol. The summed E-state index contributed by atoms with van der Waals surface area (Å²) in [6.45, 7) is 11.3. The number of hydrogen-bond acceptors (Lipinski definition) is 4. The molecule has 1 aliphatic rings. The Bertz CT molecular complexity index is 890. The lowest BCUT2D eigenvalue weighted by atomic mass is 9.89. The topological polar surface area (TPSA) is 47.6 Å². The number of ether oxygens (including phenoxy) is 1. The number of alkyl halides is 1. The van der Waals surface area contributed by atoms with E-state index in [2.05, 4.69) is 81.2 Å². The molecule has 1 N–H and O–H groups in total. The molecule has 1 fully saturated rings. The van der Waals surface area contributed by atoms with Gasteiger partial charge in [-0.1, -0.05) is 93.6 Å². The van der Waals surface area contributed by atoms with E-state index in [0.717, 1.165) is 5.57 Å². The monoisotopic (exact) mass is 471 g/mol. The number of carbonyl (C=O) groups is 1. The second-order valence-corrected chi connectivity index (χ2v) is 14.1. The standard InChI is InChI=1S/C26H34ClNO3Si/c1-20(18-27)16-26(24(29)30-5)17-21(19-28-26)31-32(25(2,3)4,22-12-8-6-9-13-22)23-14-10-7-11-15-23/h6-15,21,28H,1,16-19H2,2-5H3/t21-,26-/m1/s1. The Morgan fingerprint density at radius 2 is 1.66 bits per heavy atom. The van der Waals surface area contributed by atoms with Crippen LogP contribution in [0.5, 0.6) is 0 Å². The Balaban J connectivity index is 2.05. The molecule has 1 heterocycles. The SMILES string of the molecule is C=C(CCl)C[C@]1(C(=O)OC)C[C@@H](O[Si](c2ccccc2)(c2ccccc2)C(C)(C)C)CN1. The number of hydrogen-bond donors (Lipinski definition) is 1. The van der Waals surface area contributed by atoms with E-state index >= 15 is 0 Å². The number of esters is 1. The van der Waals surface area contributed by atoms with Crippen LogP contribution in [0.3, 0.4) is 0 Å². The van der Waals surface area contributed by atoms with Gasteiger partial charge in [0.2, 0.25) is 0 Å². The van der Waals surface area contributed by atoms with E-state index in [1.165, 1.54) is 17.5 Å². The highest BCUT2D eigenvalue weighted by Gasteiger charge is 2.54. The summed E-state index contributed by atoms with van der Waals surface area (Å²) in [7, 11) is -1.29. The quantitative estimate of drug-likeness (QED) is 0.273. The number of halogens is 1. The zero-order chi connectivity index (χ0) is 23.4. The normalized spacial score (nSPS) is 21.3. The van der Waals surface area contributed by atoms with Gasteiger partial charge >= 0.3 is 5.97 Å². The molecule has 0 amide bonds. The third-order valence-electron chi connectivity index (χ3n) is 6.32. The maximum absolute atomic E-state index is 12.8. The maximum Gasteiger partial charge on any atom is 0.326 e. The zero-order valence-electron chi connectivity index (χ0n) is 19.5. The Morgan fingerprint density at radius 1 is 1.12 bits per heavy atom. The molecule has 4 nitrogen and oxygen atoms in total. The number of nitrogens with one attached hydrogen (secondary N) is 1. The summed E-state index contributed by atoms with van der Waals surface area (Å²) in [6, 6.07) is 21.1. The molecule has 6 heteroatoms. The minimum atomic E-state index is -2.71. The van der Waals surface area contributed by atoms with Gasteiger partial charge in [-0.3, -0.25) is 10.1 Å². The average Bonchev–Trinajstić information content (AvgIpc) is 3.20. The van der Waals surface area contributed by atoms with Crippen molar-refractivity contribution in [3.05, 3.63) is 72.8 Å². The van der Waals surface area contributed by atoms with Crippen LogP contribution < -0.4 is 15.7 Å². The fourth-order valence-corrected chi connectivity index (χ4v) is 9.67. The summed E-state index contributed by atoms with van der Waals surface area (Å²) in [4.78, 5) is 12.8. The second kappa shape index (κ2) is 9.92. The summed E-state index contributed by atoms with van der Waals surface area (Å²) >= 11 is 6.00. The number of rotatable bonds is 8. The largest absolute Gasteiger partial charge is 0.468 e. The van der Waals surface area contributed by atoms with Gasteiger partial charge in [-0.2, -0.15) is 0 Å². The minimum absolute atomic E-state index is 0.133. The van der Waals surface area contributed by atoms with Crippen LogP contribution in [-0.4, -0.2) is 45.5 Å². The first-order valence-electron chi connectivity index (χ1n) is 11.0. The van der Waals surface area contributed by atoms with E-state index in [4.69, 9.17) is 20.8 Å². The average molecular weight is 472 g/mol. The fraction of sp³-hybridized carbons (Fsp3) is 0.423. The smallest absolute Gasteiger partial charge is 0.326 e. The lowest BCUT2D eigenvalue weighted by molar-refractivity contribution is -0.148. The Hall–Kier alpha value is -1.92. The van der Waals surface area contributed by atoms with Gasteiger partial charge in [-0.25, -0.2) is 0 Å². The van der Waals surface area contributed by atoms with Crippen molar-refractivity contribution in [2.75, 3.05) is 19.5 Å². The Morgan fingerprint density at radius 3 is 2.09 bits per heavy atom. The van der Waals surface area contributed by atoms with Gasteiger partial charge < -0.3 is 9.16 Å². The first-order valence-corrected chi connectivity index (χ1v) is 13.5. The van der Waals surface area contributed by atoms with Crippen LogP contribution in [0.4, 0.5) is 0 Å². The molecule has 0 saturated carbocycles. The van der Waals surface area contributed by atoms with Gasteiger partial charge in [-0.15, -0.1) is 11.6 Å². The number of methoxy groups -OCH3 is 1. The predicted molar refractivity (Wildman–Crippen MR) is 134 cm³/mol. The van der Waals surface area contributed by atoms with Crippen molar-refractivity contribution in [1.82, 2.24) is 5.32 Å². The molecule has 0 bridgehead atoms. The van der Waals surface area contributed by atoms with E-state index < -0.39 is 13.9 Å². The molecule has 2 aromatic carbocycles. The molecule has 0 radical (unpaired) electrons. The van der Waals surface area contributed by atoms with E-state index in [0.29, 0.717) is 25.3 Å². The zero-order valence-corrected chi connectivity index (χ0v) is 21.2. The maximum atomic E-state index is 12.8. The first-order chi connectivity index (χ1) is 15.2. The Labute approximate surface area is 198 Å². The van der Waals surface area contributed by atoms with Crippen molar-refractivity contribution in [2.45, 2.75) is 50.3 Å². The molecule has 0 aromatic heterocycles. The third kappa shape index (κ3) is 4.71. The fourth-order valence-electron chi connectivity index (χ4n) is 4.90. The van der Waals surface area contributed by atoms with Gasteiger partial charge in [0.25, 0.3) is 8.32 Å². The van der Waals surface area contributed by atoms with Crippen LogP contribution >= 0.6 is 11.6 Å². The number of carbonyl (C=O) groups excluding carboxylic acids is 1. The lowest BCUT2D eigenvalue weighted by Gasteiger charge is -2.44. The molecule has 0 unspecified atom stereocenters. The van der Waals surface area contributed by atoms with E-state index in [1.54, 1.807) is 0 Å². The van der Waals surface area contributed by atoms with Crippen LogP contribution in [0.1, 0.15) is 33.6 Å². The van der Waals surface area contributed by atoms with Crippen molar-refractivity contribution in [1.29, 1.82) is 0 Å². The molecule has 0 aliphatic carbocycles. The molecule has 32 heavy (non-hydrogen) atoms. The van der Waals surface area contributed by atoms with Gasteiger partial charge in [0.15, 0.2) is 0 Å². The summed E-state index contributed by atoms with van der Waals surface area (Å²) in [5.74, 6) is 0.0121. The molecule has 1 saturated heterocycles. The van der Waals surface area contributed by atoms with E-state index in [-0.39, 0.29) is 17.1 Å². The van der Waals surface area contributed by atoms with Crippen molar-refractivity contribution in [3.63, 3.8) is 0 Å². The van der Waals surface area contributed by atoms with Crippen LogP contribution in [0.15, 0.2) is 72.8 Å². The van der Waals surface area contributed by atoms with Crippen molar-refractivity contribution < 1.29 is 14.0 Å². The summed E-state index contributed by atoms with van der Waals surface area (Å²) in [6.07, 6.45) is 0.799. The second-order valence-electron chi connectivity index (χ2n) is 9.62. The van der Waals surface area contributed by atoms with Gasteiger partial charge in [0.05, 0.1) is 13.2 Å². The van der Waals surface area contributed by atoms with Gasteiger partial charge in [0.1, 0.15) is 5.54 Å². The lowest BCUT2D eigenvalue weighted by Crippen LogP contribution is -2.67. The number of benzene rings is 2. The molecule has 2 aromatic rings. The van der Waals surface area contributed by atoms with Crippen molar-refractivity contribution in [2.24, 2.45) is 0 Å².